The Morgan fingerprint density at radius 2 is 1.91 bits per heavy atom. The van der Waals surface area contributed by atoms with Crippen molar-refractivity contribution in [1.82, 2.24) is 9.55 Å². The summed E-state index contributed by atoms with van der Waals surface area (Å²) in [6.45, 7) is 8.26. The van der Waals surface area contributed by atoms with Gasteiger partial charge in [0.25, 0.3) is 0 Å². The van der Waals surface area contributed by atoms with Gasteiger partial charge in [-0.05, 0) is 18.2 Å². The van der Waals surface area contributed by atoms with Gasteiger partial charge in [0.15, 0.2) is 0 Å². The molecule has 0 saturated heterocycles. The molecule has 23 heavy (non-hydrogen) atoms. The fourth-order valence-electron chi connectivity index (χ4n) is 2.09. The maximum Gasteiger partial charge on any atom is 0.337 e. The number of imidazole rings is 1. The number of carbonyl (C=O) groups excluding carboxylic acids is 1. The molecule has 1 aromatic heterocycles. The monoisotopic (exact) mass is 332 g/mol. The van der Waals surface area contributed by atoms with Crippen LogP contribution in [0.25, 0.3) is 11.4 Å². The molecule has 6 heteroatoms. The predicted molar refractivity (Wildman–Crippen MR) is 93.1 cm³/mol. The molecule has 2 rings (SSSR count). The van der Waals surface area contributed by atoms with Gasteiger partial charge in [0, 0.05) is 32.6 Å². The van der Waals surface area contributed by atoms with Gasteiger partial charge in [0.1, 0.15) is 12.6 Å². The van der Waals surface area contributed by atoms with Crippen LogP contribution in [0.2, 0.25) is 25.7 Å². The molecule has 0 spiro atoms. The van der Waals surface area contributed by atoms with E-state index in [1.165, 1.54) is 7.11 Å². The summed E-state index contributed by atoms with van der Waals surface area (Å²) in [7, 11) is 0.304. The van der Waals surface area contributed by atoms with Crippen LogP contribution in [0.1, 0.15) is 10.4 Å². The number of hydrogen-bond acceptors (Lipinski definition) is 4. The Labute approximate surface area is 138 Å². The van der Waals surface area contributed by atoms with Crippen LogP contribution in [0.3, 0.4) is 0 Å². The lowest BCUT2D eigenvalue weighted by molar-refractivity contribution is 0.0600. The van der Waals surface area contributed by atoms with Crippen LogP contribution in [-0.2, 0) is 16.2 Å². The molecule has 124 valence electrons. The third kappa shape index (κ3) is 5.04. The zero-order valence-electron chi connectivity index (χ0n) is 14.2. The fourth-order valence-corrected chi connectivity index (χ4v) is 2.84. The maximum atomic E-state index is 11.5. The fraction of sp³-hybridized carbons (Fsp3) is 0.412. The summed E-state index contributed by atoms with van der Waals surface area (Å²) in [5.41, 5.74) is 1.47. The molecule has 0 fully saturated rings. The predicted octanol–water partition coefficient (Wildman–Crippen LogP) is 3.65. The smallest absolute Gasteiger partial charge is 0.337 e. The number of aromatic nitrogens is 2. The highest BCUT2D eigenvalue weighted by Crippen LogP contribution is 2.19. The Hall–Kier alpha value is -1.92. The van der Waals surface area contributed by atoms with Crippen molar-refractivity contribution in [2.24, 2.45) is 0 Å². The van der Waals surface area contributed by atoms with Gasteiger partial charge in [-0.1, -0.05) is 31.8 Å². The first-order chi connectivity index (χ1) is 10.9. The number of methoxy groups -OCH3 is 1. The number of benzene rings is 1. The Bertz CT molecular complexity index is 645. The van der Waals surface area contributed by atoms with Crippen molar-refractivity contribution in [3.05, 3.63) is 42.2 Å². The molecule has 0 amide bonds. The van der Waals surface area contributed by atoms with Gasteiger partial charge in [0.05, 0.1) is 12.7 Å². The van der Waals surface area contributed by atoms with Crippen LogP contribution < -0.4 is 0 Å². The van der Waals surface area contributed by atoms with E-state index in [0.29, 0.717) is 12.3 Å². The van der Waals surface area contributed by atoms with Crippen LogP contribution in [0.4, 0.5) is 0 Å². The molecule has 0 aliphatic rings. The lowest BCUT2D eigenvalue weighted by Gasteiger charge is -2.16. The van der Waals surface area contributed by atoms with Crippen LogP contribution in [-0.4, -0.2) is 37.3 Å². The summed E-state index contributed by atoms with van der Waals surface area (Å²) in [6, 6.07) is 8.36. The second kappa shape index (κ2) is 7.57. The summed E-state index contributed by atoms with van der Waals surface area (Å²) in [6.07, 6.45) is 3.66. The molecule has 0 aliphatic heterocycles. The Balaban J connectivity index is 2.01. The van der Waals surface area contributed by atoms with E-state index >= 15 is 0 Å². The Morgan fingerprint density at radius 3 is 2.52 bits per heavy atom. The zero-order chi connectivity index (χ0) is 16.9. The van der Waals surface area contributed by atoms with E-state index in [1.54, 1.807) is 18.3 Å². The molecule has 0 unspecified atom stereocenters. The largest absolute Gasteiger partial charge is 0.465 e. The number of rotatable bonds is 7. The van der Waals surface area contributed by atoms with Gasteiger partial charge in [-0.3, -0.25) is 0 Å². The SMILES string of the molecule is COC(=O)c1ccc(-c2nccn2COCC[Si](C)(C)C)cc1. The highest BCUT2D eigenvalue weighted by atomic mass is 28.3. The normalized spacial score (nSPS) is 11.5. The molecular formula is C17H24N2O3Si. The number of hydrogen-bond donors (Lipinski definition) is 0. The van der Waals surface area contributed by atoms with E-state index in [9.17, 15) is 4.79 Å². The molecule has 1 aromatic carbocycles. The van der Waals surface area contributed by atoms with Gasteiger partial charge in [0.2, 0.25) is 0 Å². The van der Waals surface area contributed by atoms with Crippen molar-refractivity contribution in [2.45, 2.75) is 32.4 Å². The first-order valence-corrected chi connectivity index (χ1v) is 11.4. The minimum Gasteiger partial charge on any atom is -0.465 e. The van der Waals surface area contributed by atoms with Crippen LogP contribution in [0.5, 0.6) is 0 Å². The summed E-state index contributed by atoms with van der Waals surface area (Å²) in [5, 5.41) is 0. The molecule has 0 atom stereocenters. The van der Waals surface area contributed by atoms with Crippen molar-refractivity contribution in [1.29, 1.82) is 0 Å². The van der Waals surface area contributed by atoms with Crippen molar-refractivity contribution in [3.63, 3.8) is 0 Å². The second-order valence-electron chi connectivity index (χ2n) is 6.64. The van der Waals surface area contributed by atoms with Gasteiger partial charge < -0.3 is 14.0 Å². The lowest BCUT2D eigenvalue weighted by atomic mass is 10.1. The summed E-state index contributed by atoms with van der Waals surface area (Å²) in [4.78, 5) is 15.9. The molecule has 5 nitrogen and oxygen atoms in total. The highest BCUT2D eigenvalue weighted by molar-refractivity contribution is 6.76. The minimum atomic E-state index is -1.07. The molecule has 0 bridgehead atoms. The van der Waals surface area contributed by atoms with Crippen molar-refractivity contribution >= 4 is 14.0 Å². The number of carbonyl (C=O) groups is 1. The van der Waals surface area contributed by atoms with Gasteiger partial charge in [-0.2, -0.15) is 0 Å². The standard InChI is InChI=1S/C17H24N2O3Si/c1-21-17(20)15-7-5-14(6-8-15)16-18-9-10-19(16)13-22-11-12-23(2,3)4/h5-10H,11-13H2,1-4H3. The van der Waals surface area contributed by atoms with E-state index in [2.05, 4.69) is 24.6 Å². The Kier molecular flexibility index (Phi) is 5.73. The highest BCUT2D eigenvalue weighted by Gasteiger charge is 2.13. The lowest BCUT2D eigenvalue weighted by Crippen LogP contribution is -2.22. The molecular weight excluding hydrogens is 308 g/mol. The van der Waals surface area contributed by atoms with Gasteiger partial charge in [-0.15, -0.1) is 0 Å². The zero-order valence-corrected chi connectivity index (χ0v) is 15.2. The number of nitrogens with zero attached hydrogens (tertiary/aromatic N) is 2. The summed E-state index contributed by atoms with van der Waals surface area (Å²) < 4.78 is 12.5. The van der Waals surface area contributed by atoms with E-state index in [-0.39, 0.29) is 5.97 Å². The number of ether oxygens (including phenoxy) is 2. The minimum absolute atomic E-state index is 0.338. The quantitative estimate of drug-likeness (QED) is 0.441. The first kappa shape index (κ1) is 17.4. The molecule has 0 radical (unpaired) electrons. The van der Waals surface area contributed by atoms with E-state index in [0.717, 1.165) is 24.0 Å². The van der Waals surface area contributed by atoms with Gasteiger partial charge >= 0.3 is 5.97 Å². The third-order valence-electron chi connectivity index (χ3n) is 3.51. The molecule has 2 aromatic rings. The molecule has 0 aliphatic carbocycles. The van der Waals surface area contributed by atoms with Crippen LogP contribution in [0.15, 0.2) is 36.7 Å². The van der Waals surface area contributed by atoms with Crippen molar-refractivity contribution < 1.29 is 14.3 Å². The average Bonchev–Trinajstić information content (AvgIpc) is 2.98. The first-order valence-electron chi connectivity index (χ1n) is 7.68. The summed E-state index contributed by atoms with van der Waals surface area (Å²) >= 11 is 0. The average molecular weight is 332 g/mol. The van der Waals surface area contributed by atoms with Gasteiger partial charge in [-0.25, -0.2) is 9.78 Å². The van der Waals surface area contributed by atoms with E-state index in [4.69, 9.17) is 9.47 Å². The molecule has 0 N–H and O–H groups in total. The maximum absolute atomic E-state index is 11.5. The second-order valence-corrected chi connectivity index (χ2v) is 12.3. The van der Waals surface area contributed by atoms with Crippen molar-refractivity contribution in [2.75, 3.05) is 13.7 Å². The Morgan fingerprint density at radius 1 is 1.22 bits per heavy atom. The van der Waals surface area contributed by atoms with E-state index in [1.807, 2.05) is 22.9 Å². The molecule has 0 saturated carbocycles. The number of esters is 1. The summed E-state index contributed by atoms with van der Waals surface area (Å²) in [5.74, 6) is 0.490. The van der Waals surface area contributed by atoms with Crippen LogP contribution >= 0.6 is 0 Å². The topological polar surface area (TPSA) is 53.3 Å². The van der Waals surface area contributed by atoms with Crippen molar-refractivity contribution in [3.8, 4) is 11.4 Å². The van der Waals surface area contributed by atoms with Crippen LogP contribution in [0, 0.1) is 0 Å². The molecule has 1 heterocycles. The third-order valence-corrected chi connectivity index (χ3v) is 5.21. The van der Waals surface area contributed by atoms with E-state index < -0.39 is 8.07 Å².